The lowest BCUT2D eigenvalue weighted by atomic mass is 10.3. The molecule has 0 saturated heterocycles. The Bertz CT molecular complexity index is 1000. The highest BCUT2D eigenvalue weighted by atomic mass is 32.2. The maximum Gasteiger partial charge on any atom is 0.264 e. The number of halogens is 2. The zero-order valence-corrected chi connectivity index (χ0v) is 14.4. The van der Waals surface area contributed by atoms with E-state index in [2.05, 4.69) is 9.44 Å². The van der Waals surface area contributed by atoms with Gasteiger partial charge in [0.25, 0.3) is 10.0 Å². The number of benzene rings is 2. The van der Waals surface area contributed by atoms with Crippen molar-refractivity contribution in [1.82, 2.24) is 4.72 Å². The third kappa shape index (κ3) is 4.14. The first-order valence-corrected chi connectivity index (χ1v) is 10.2. The van der Waals surface area contributed by atoms with Gasteiger partial charge in [-0.3, -0.25) is 4.72 Å². The molecule has 1 aliphatic rings. The fraction of sp³-hybridized carbons (Fsp3) is 0.200. The van der Waals surface area contributed by atoms with Gasteiger partial charge < -0.3 is 0 Å². The molecule has 2 aromatic rings. The molecule has 25 heavy (non-hydrogen) atoms. The van der Waals surface area contributed by atoms with Gasteiger partial charge in [-0.2, -0.15) is 0 Å². The van der Waals surface area contributed by atoms with Crippen molar-refractivity contribution in [2.24, 2.45) is 0 Å². The molecule has 0 unspecified atom stereocenters. The Morgan fingerprint density at radius 2 is 1.52 bits per heavy atom. The van der Waals surface area contributed by atoms with Gasteiger partial charge in [0.15, 0.2) is 0 Å². The van der Waals surface area contributed by atoms with Gasteiger partial charge in [0.1, 0.15) is 16.5 Å². The maximum atomic E-state index is 13.6. The van der Waals surface area contributed by atoms with Gasteiger partial charge in [-0.15, -0.1) is 0 Å². The van der Waals surface area contributed by atoms with Crippen molar-refractivity contribution in [3.05, 3.63) is 54.1 Å². The Morgan fingerprint density at radius 1 is 0.880 bits per heavy atom. The summed E-state index contributed by atoms with van der Waals surface area (Å²) in [6.07, 6.45) is 1.58. The molecule has 3 rings (SSSR count). The van der Waals surface area contributed by atoms with E-state index < -0.39 is 36.6 Å². The molecule has 0 radical (unpaired) electrons. The van der Waals surface area contributed by atoms with Crippen molar-refractivity contribution in [2.45, 2.75) is 28.7 Å². The Morgan fingerprint density at radius 3 is 2.12 bits per heavy atom. The molecule has 0 spiro atoms. The Balaban J connectivity index is 1.82. The molecular formula is C15H14F2N2O4S2. The number of hydrogen-bond acceptors (Lipinski definition) is 4. The minimum Gasteiger partial charge on any atom is -0.280 e. The highest BCUT2D eigenvalue weighted by Gasteiger charge is 2.28. The van der Waals surface area contributed by atoms with Crippen LogP contribution in [0.25, 0.3) is 0 Å². The summed E-state index contributed by atoms with van der Waals surface area (Å²) in [4.78, 5) is -0.848. The van der Waals surface area contributed by atoms with Crippen molar-refractivity contribution >= 4 is 25.7 Å². The van der Waals surface area contributed by atoms with E-state index in [9.17, 15) is 25.6 Å². The molecule has 10 heteroatoms. The molecule has 2 aromatic carbocycles. The van der Waals surface area contributed by atoms with E-state index in [0.717, 1.165) is 18.9 Å². The summed E-state index contributed by atoms with van der Waals surface area (Å²) in [5.41, 5.74) is 0.0223. The molecular weight excluding hydrogens is 374 g/mol. The van der Waals surface area contributed by atoms with E-state index in [0.29, 0.717) is 12.1 Å². The van der Waals surface area contributed by atoms with Crippen molar-refractivity contribution in [2.75, 3.05) is 4.72 Å². The lowest BCUT2D eigenvalue weighted by Crippen LogP contribution is -2.25. The number of nitrogens with one attached hydrogen (secondary N) is 2. The molecule has 0 aliphatic heterocycles. The quantitative estimate of drug-likeness (QED) is 0.794. The van der Waals surface area contributed by atoms with Crippen molar-refractivity contribution in [3.63, 3.8) is 0 Å². The average Bonchev–Trinajstić information content (AvgIpc) is 3.33. The van der Waals surface area contributed by atoms with Gasteiger partial charge in [-0.25, -0.2) is 30.3 Å². The zero-order valence-electron chi connectivity index (χ0n) is 12.7. The third-order valence-electron chi connectivity index (χ3n) is 3.50. The Labute approximate surface area is 144 Å². The van der Waals surface area contributed by atoms with Crippen molar-refractivity contribution < 1.29 is 25.6 Å². The normalized spacial score (nSPS) is 15.1. The summed E-state index contributed by atoms with van der Waals surface area (Å²) < 4.78 is 79.8. The molecule has 2 N–H and O–H groups in total. The van der Waals surface area contributed by atoms with Gasteiger partial charge in [-0.1, -0.05) is 0 Å². The van der Waals surface area contributed by atoms with Crippen LogP contribution in [0.2, 0.25) is 0 Å². The monoisotopic (exact) mass is 388 g/mol. The molecule has 1 saturated carbocycles. The van der Waals surface area contributed by atoms with Crippen LogP contribution < -0.4 is 9.44 Å². The maximum absolute atomic E-state index is 13.6. The largest absolute Gasteiger partial charge is 0.280 e. The van der Waals surface area contributed by atoms with Gasteiger partial charge >= 0.3 is 0 Å². The molecule has 0 atom stereocenters. The lowest BCUT2D eigenvalue weighted by Gasteiger charge is -2.10. The minimum atomic E-state index is -4.35. The minimum absolute atomic E-state index is 0.0146. The second-order valence-electron chi connectivity index (χ2n) is 5.60. The SMILES string of the molecule is O=S(=O)(NC1CC1)c1ccc(NS(=O)(=O)c2cc(F)ccc2F)cc1. The Kier molecular flexibility index (Phi) is 4.52. The molecule has 1 fully saturated rings. The lowest BCUT2D eigenvalue weighted by molar-refractivity contribution is 0.555. The highest BCUT2D eigenvalue weighted by molar-refractivity contribution is 7.92. The van der Waals surface area contributed by atoms with Crippen molar-refractivity contribution in [3.8, 4) is 0 Å². The van der Waals surface area contributed by atoms with E-state index in [-0.39, 0.29) is 16.6 Å². The topological polar surface area (TPSA) is 92.3 Å². The van der Waals surface area contributed by atoms with Gasteiger partial charge in [0, 0.05) is 11.7 Å². The molecule has 0 aromatic heterocycles. The van der Waals surface area contributed by atoms with Gasteiger partial charge in [-0.05, 0) is 55.3 Å². The predicted molar refractivity (Wildman–Crippen MR) is 87.0 cm³/mol. The predicted octanol–water partition coefficient (Wildman–Crippen LogP) is 2.21. The summed E-state index contributed by atoms with van der Waals surface area (Å²) in [6, 6.07) is 6.95. The van der Waals surface area contributed by atoms with Crippen LogP contribution in [-0.4, -0.2) is 22.9 Å². The van der Waals surface area contributed by atoms with E-state index >= 15 is 0 Å². The number of hydrogen-bond donors (Lipinski definition) is 2. The van der Waals surface area contributed by atoms with Crippen molar-refractivity contribution in [1.29, 1.82) is 0 Å². The van der Waals surface area contributed by atoms with Gasteiger partial charge in [0.2, 0.25) is 10.0 Å². The van der Waals surface area contributed by atoms with E-state index in [1.165, 1.54) is 24.3 Å². The van der Waals surface area contributed by atoms with Crippen LogP contribution in [0, 0.1) is 11.6 Å². The number of anilines is 1. The molecule has 1 aliphatic carbocycles. The summed E-state index contributed by atoms with van der Waals surface area (Å²) >= 11 is 0. The van der Waals surface area contributed by atoms with Crippen LogP contribution in [0.5, 0.6) is 0 Å². The van der Waals surface area contributed by atoms with Crippen LogP contribution in [0.1, 0.15) is 12.8 Å². The molecule has 0 amide bonds. The smallest absolute Gasteiger partial charge is 0.264 e. The summed E-state index contributed by atoms with van der Waals surface area (Å²) in [5, 5.41) is 0. The zero-order chi connectivity index (χ0) is 18.2. The number of sulfonamides is 2. The second kappa shape index (κ2) is 6.36. The average molecular weight is 388 g/mol. The van der Waals surface area contributed by atoms with E-state index in [4.69, 9.17) is 0 Å². The Hall–Kier alpha value is -2.04. The molecule has 6 nitrogen and oxygen atoms in total. The summed E-state index contributed by atoms with van der Waals surface area (Å²) in [5.74, 6) is -1.99. The highest BCUT2D eigenvalue weighted by Crippen LogP contribution is 2.24. The van der Waals surface area contributed by atoms with Crippen LogP contribution >= 0.6 is 0 Å². The first kappa shape index (κ1) is 17.8. The van der Waals surface area contributed by atoms with Gasteiger partial charge in [0.05, 0.1) is 4.90 Å². The second-order valence-corrected chi connectivity index (χ2v) is 8.96. The summed E-state index contributed by atoms with van der Waals surface area (Å²) in [6.45, 7) is 0. The third-order valence-corrected chi connectivity index (χ3v) is 6.43. The molecule has 134 valence electrons. The molecule has 0 heterocycles. The van der Waals surface area contributed by atoms with Crippen LogP contribution in [0.15, 0.2) is 52.3 Å². The fourth-order valence-electron chi connectivity index (χ4n) is 2.08. The number of rotatable bonds is 6. The summed E-state index contributed by atoms with van der Waals surface area (Å²) in [7, 11) is -8.01. The fourth-order valence-corrected chi connectivity index (χ4v) is 4.54. The first-order valence-electron chi connectivity index (χ1n) is 7.28. The van der Waals surface area contributed by atoms with Crippen LogP contribution in [0.3, 0.4) is 0 Å². The van der Waals surface area contributed by atoms with Crippen LogP contribution in [-0.2, 0) is 20.0 Å². The van der Waals surface area contributed by atoms with E-state index in [1.54, 1.807) is 0 Å². The first-order chi connectivity index (χ1) is 11.7. The van der Waals surface area contributed by atoms with E-state index in [1.807, 2.05) is 0 Å². The van der Waals surface area contributed by atoms with Crippen LogP contribution in [0.4, 0.5) is 14.5 Å². The molecule has 0 bridgehead atoms. The standard InChI is InChI=1S/C15H14F2N2O4S2/c16-10-1-8-14(17)15(9-10)25(22,23)19-12-4-6-13(7-5-12)24(20,21)18-11-2-3-11/h1,4-9,11,18-19H,2-3H2.